The number of alkyl carbamates (subject to hydrolysis) is 1. The quantitative estimate of drug-likeness (QED) is 0.439. The molecule has 37 heavy (non-hydrogen) atoms. The van der Waals surface area contributed by atoms with Crippen molar-refractivity contribution in [2.75, 3.05) is 26.2 Å². The summed E-state index contributed by atoms with van der Waals surface area (Å²) in [4.78, 5) is 38.4. The van der Waals surface area contributed by atoms with E-state index in [1.165, 1.54) is 19.8 Å². The second-order valence-electron chi connectivity index (χ2n) is 12.7. The van der Waals surface area contributed by atoms with E-state index in [2.05, 4.69) is 5.32 Å². The fraction of sp³-hybridized carbons (Fsp3) is 0.893. The van der Waals surface area contributed by atoms with Gasteiger partial charge in [-0.3, -0.25) is 4.79 Å². The molecule has 5 unspecified atom stereocenters. The van der Waals surface area contributed by atoms with Crippen molar-refractivity contribution < 1.29 is 34.1 Å². The number of carboxylic acid groups (broad SMARTS) is 1. The Hall–Kier alpha value is -1.87. The summed E-state index contributed by atoms with van der Waals surface area (Å²) in [5.41, 5.74) is -2.40. The molecule has 9 heteroatoms. The van der Waals surface area contributed by atoms with Gasteiger partial charge in [0.25, 0.3) is 0 Å². The Morgan fingerprint density at radius 2 is 1.59 bits per heavy atom. The summed E-state index contributed by atoms with van der Waals surface area (Å²) in [6.45, 7) is 8.81. The summed E-state index contributed by atoms with van der Waals surface area (Å²) < 4.78 is 11.1. The molecular weight excluding hydrogens is 476 g/mol. The maximum Gasteiger partial charge on any atom is 0.407 e. The molecule has 0 aromatic heterocycles. The smallest absolute Gasteiger partial charge is 0.407 e. The summed E-state index contributed by atoms with van der Waals surface area (Å²) in [6, 6.07) is 0. The van der Waals surface area contributed by atoms with Gasteiger partial charge in [0.2, 0.25) is 5.91 Å². The number of nitrogens with zero attached hydrogens (tertiary/aromatic N) is 1. The van der Waals surface area contributed by atoms with E-state index in [9.17, 15) is 19.5 Å². The molecule has 0 aromatic carbocycles. The van der Waals surface area contributed by atoms with Gasteiger partial charge in [-0.2, -0.15) is 0 Å². The summed E-state index contributed by atoms with van der Waals surface area (Å²) in [5, 5.41) is 22.0. The molecule has 0 radical (unpaired) electrons. The average molecular weight is 525 g/mol. The second kappa shape index (κ2) is 12.8. The van der Waals surface area contributed by atoms with Crippen molar-refractivity contribution in [2.45, 2.75) is 109 Å². The number of carbonyl (C=O) groups excluding carboxylic acids is 2. The lowest BCUT2D eigenvalue weighted by molar-refractivity contribution is -0.166. The van der Waals surface area contributed by atoms with Crippen LogP contribution in [0.3, 0.4) is 0 Å². The Bertz CT molecular complexity index is 786. The molecular formula is C28H48N2O7. The van der Waals surface area contributed by atoms with Crippen molar-refractivity contribution in [3.05, 3.63) is 0 Å². The van der Waals surface area contributed by atoms with Crippen LogP contribution in [0, 0.1) is 23.7 Å². The molecule has 3 fully saturated rings. The zero-order chi connectivity index (χ0) is 27.2. The molecule has 212 valence electrons. The van der Waals surface area contributed by atoms with E-state index < -0.39 is 17.2 Å². The van der Waals surface area contributed by atoms with E-state index >= 15 is 0 Å². The van der Waals surface area contributed by atoms with E-state index in [1.54, 1.807) is 0 Å². The van der Waals surface area contributed by atoms with Crippen LogP contribution in [0.15, 0.2) is 0 Å². The number of piperidine rings is 1. The van der Waals surface area contributed by atoms with E-state index in [-0.39, 0.29) is 30.6 Å². The van der Waals surface area contributed by atoms with Crippen molar-refractivity contribution in [2.24, 2.45) is 23.7 Å². The molecule has 0 bridgehead atoms. The predicted molar refractivity (Wildman–Crippen MR) is 139 cm³/mol. The number of likely N-dealkylation sites (tertiary alicyclic amines) is 1. The summed E-state index contributed by atoms with van der Waals surface area (Å²) in [6.07, 6.45) is 9.25. The summed E-state index contributed by atoms with van der Waals surface area (Å²) in [7, 11) is 0. The van der Waals surface area contributed by atoms with Gasteiger partial charge in [0.15, 0.2) is 5.60 Å². The largest absolute Gasteiger partial charge is 0.479 e. The van der Waals surface area contributed by atoms with Gasteiger partial charge in [-0.1, -0.05) is 19.3 Å². The third-order valence-electron chi connectivity index (χ3n) is 8.31. The van der Waals surface area contributed by atoms with Crippen molar-refractivity contribution in [1.82, 2.24) is 10.2 Å². The number of carbonyl (C=O) groups is 3. The normalized spacial score (nSPS) is 29.3. The maximum absolute atomic E-state index is 13.3. The van der Waals surface area contributed by atoms with E-state index in [0.29, 0.717) is 30.7 Å². The molecule has 9 nitrogen and oxygen atoms in total. The molecule has 0 spiro atoms. The Kier molecular flexibility index (Phi) is 10.3. The maximum atomic E-state index is 13.3. The van der Waals surface area contributed by atoms with Crippen molar-refractivity contribution in [3.8, 4) is 0 Å². The molecule has 3 aliphatic rings. The minimum absolute atomic E-state index is 0.0944. The molecule has 2 amide bonds. The molecule has 5 atom stereocenters. The number of aliphatic carboxylic acids is 1. The van der Waals surface area contributed by atoms with Gasteiger partial charge < -0.3 is 29.9 Å². The highest BCUT2D eigenvalue weighted by molar-refractivity contribution is 5.79. The molecule has 3 N–H and O–H groups in total. The van der Waals surface area contributed by atoms with Gasteiger partial charge in [-0.05, 0) is 90.4 Å². The number of ether oxygens (including phenoxy) is 2. The van der Waals surface area contributed by atoms with Crippen LogP contribution in [0.2, 0.25) is 0 Å². The van der Waals surface area contributed by atoms with Gasteiger partial charge in [-0.15, -0.1) is 0 Å². The lowest BCUT2D eigenvalue weighted by Crippen LogP contribution is -2.46. The molecule has 1 heterocycles. The van der Waals surface area contributed by atoms with Gasteiger partial charge in [-0.25, -0.2) is 9.59 Å². The van der Waals surface area contributed by atoms with Gasteiger partial charge in [0.05, 0.1) is 12.7 Å². The minimum atomic E-state index is -1.91. The number of carboxylic acids is 1. The first kappa shape index (κ1) is 29.7. The highest BCUT2D eigenvalue weighted by atomic mass is 16.6. The van der Waals surface area contributed by atoms with Gasteiger partial charge >= 0.3 is 12.1 Å². The van der Waals surface area contributed by atoms with Crippen LogP contribution in [0.4, 0.5) is 4.79 Å². The van der Waals surface area contributed by atoms with E-state index in [0.717, 1.165) is 58.0 Å². The highest BCUT2D eigenvalue weighted by Crippen LogP contribution is 2.39. The van der Waals surface area contributed by atoms with Crippen LogP contribution >= 0.6 is 0 Å². The Balaban J connectivity index is 1.41. The van der Waals surface area contributed by atoms with Crippen molar-refractivity contribution in [3.63, 3.8) is 0 Å². The second-order valence-corrected chi connectivity index (χ2v) is 12.7. The van der Waals surface area contributed by atoms with Crippen molar-refractivity contribution in [1.29, 1.82) is 0 Å². The fourth-order valence-electron chi connectivity index (χ4n) is 6.20. The van der Waals surface area contributed by atoms with Gasteiger partial charge in [0.1, 0.15) is 5.60 Å². The molecule has 1 aliphatic heterocycles. The lowest BCUT2D eigenvalue weighted by Gasteiger charge is -2.41. The number of amides is 2. The first-order chi connectivity index (χ1) is 17.3. The number of aliphatic hydroxyl groups is 1. The zero-order valence-corrected chi connectivity index (χ0v) is 23.2. The molecule has 3 rings (SSSR count). The highest BCUT2D eigenvalue weighted by Gasteiger charge is 2.37. The minimum Gasteiger partial charge on any atom is -0.479 e. The van der Waals surface area contributed by atoms with Crippen LogP contribution < -0.4 is 5.32 Å². The predicted octanol–water partition coefficient (Wildman–Crippen LogP) is 3.97. The van der Waals surface area contributed by atoms with Crippen LogP contribution in [0.1, 0.15) is 91.9 Å². The van der Waals surface area contributed by atoms with Crippen molar-refractivity contribution >= 4 is 18.0 Å². The Labute approximate surface area is 221 Å². The van der Waals surface area contributed by atoms with Crippen LogP contribution in [-0.4, -0.2) is 76.6 Å². The third kappa shape index (κ3) is 9.13. The lowest BCUT2D eigenvalue weighted by atomic mass is 9.72. The summed E-state index contributed by atoms with van der Waals surface area (Å²) >= 11 is 0. The van der Waals surface area contributed by atoms with Crippen LogP contribution in [0.5, 0.6) is 0 Å². The Morgan fingerprint density at radius 1 is 0.919 bits per heavy atom. The standard InChI is InChI=1S/C28H48N2O7/c1-27(2,3)37-26(34)29-17-19-7-5-8-21(15-19)20-11-13-30(14-12-20)24(31)22-9-6-10-23(16-22)36-18-28(4,35)25(32)33/h19-23,35H,5-18H2,1-4H3,(H,29,34)(H,32,33). The Morgan fingerprint density at radius 3 is 2.24 bits per heavy atom. The first-order valence-electron chi connectivity index (χ1n) is 14.2. The molecule has 2 saturated carbocycles. The number of hydrogen-bond acceptors (Lipinski definition) is 6. The number of rotatable bonds is 8. The van der Waals surface area contributed by atoms with Crippen LogP contribution in [-0.2, 0) is 19.1 Å². The fourth-order valence-corrected chi connectivity index (χ4v) is 6.20. The summed E-state index contributed by atoms with van der Waals surface area (Å²) in [5.74, 6) is 0.539. The van der Waals surface area contributed by atoms with E-state index in [4.69, 9.17) is 14.6 Å². The molecule has 1 saturated heterocycles. The third-order valence-corrected chi connectivity index (χ3v) is 8.31. The first-order valence-corrected chi connectivity index (χ1v) is 14.2. The zero-order valence-electron chi connectivity index (χ0n) is 23.2. The number of hydrogen-bond donors (Lipinski definition) is 3. The SMILES string of the molecule is CC(C)(C)OC(=O)NCC1CCCC(C2CCN(C(=O)C3CCCC(OCC(C)(O)C(=O)O)C3)CC2)C1. The molecule has 0 aromatic rings. The van der Waals surface area contributed by atoms with Gasteiger partial charge in [0, 0.05) is 25.6 Å². The average Bonchev–Trinajstić information content (AvgIpc) is 2.85. The van der Waals surface area contributed by atoms with Crippen LogP contribution in [0.25, 0.3) is 0 Å². The molecule has 2 aliphatic carbocycles. The van der Waals surface area contributed by atoms with E-state index in [1.807, 2.05) is 25.7 Å². The monoisotopic (exact) mass is 524 g/mol. The topological polar surface area (TPSA) is 125 Å². The number of nitrogens with one attached hydrogen (secondary N) is 1.